The average molecular weight is 398 g/mol. The number of hydrogen-bond acceptors (Lipinski definition) is 5. The van der Waals surface area contributed by atoms with E-state index < -0.39 is 10.0 Å². The molecule has 28 heavy (non-hydrogen) atoms. The predicted octanol–water partition coefficient (Wildman–Crippen LogP) is 2.50. The Bertz CT molecular complexity index is 1080. The largest absolute Gasteiger partial charge is 0.486 e. The monoisotopic (exact) mass is 398 g/mol. The molecule has 0 saturated carbocycles. The van der Waals surface area contributed by atoms with Crippen LogP contribution in [0.1, 0.15) is 25.0 Å². The predicted molar refractivity (Wildman–Crippen MR) is 105 cm³/mol. The van der Waals surface area contributed by atoms with Crippen molar-refractivity contribution in [3.63, 3.8) is 0 Å². The van der Waals surface area contributed by atoms with E-state index in [0.717, 1.165) is 16.8 Å². The zero-order valence-electron chi connectivity index (χ0n) is 15.8. The Hall–Kier alpha value is -2.71. The van der Waals surface area contributed by atoms with Crippen LogP contribution >= 0.6 is 0 Å². The quantitative estimate of drug-likeness (QED) is 0.689. The third-order valence-electron chi connectivity index (χ3n) is 4.70. The Labute approximate surface area is 164 Å². The third-order valence-corrected chi connectivity index (χ3v) is 6.19. The number of para-hydroxylation sites is 1. The molecule has 0 unspecified atom stereocenters. The van der Waals surface area contributed by atoms with Crippen molar-refractivity contribution in [2.75, 3.05) is 6.54 Å². The molecule has 8 heteroatoms. The van der Waals surface area contributed by atoms with E-state index in [9.17, 15) is 8.42 Å². The van der Waals surface area contributed by atoms with Gasteiger partial charge in [-0.05, 0) is 49.6 Å². The molecule has 0 fully saturated rings. The highest BCUT2D eigenvalue weighted by Gasteiger charge is 2.34. The molecule has 7 nitrogen and oxygen atoms in total. The molecule has 2 heterocycles. The highest BCUT2D eigenvalue weighted by atomic mass is 32.2. The molecule has 0 atom stereocenters. The molecule has 0 amide bonds. The minimum atomic E-state index is -3.65. The normalized spacial score (nSPS) is 15.2. The number of sulfonamides is 1. The Morgan fingerprint density at radius 2 is 1.82 bits per heavy atom. The molecule has 1 aliphatic rings. The second kappa shape index (κ2) is 7.03. The fourth-order valence-corrected chi connectivity index (χ4v) is 4.58. The van der Waals surface area contributed by atoms with Crippen molar-refractivity contribution in [1.82, 2.24) is 19.5 Å². The lowest BCUT2D eigenvalue weighted by atomic mass is 10.0. The minimum Gasteiger partial charge on any atom is -0.486 e. The summed E-state index contributed by atoms with van der Waals surface area (Å²) < 4.78 is 36.0. The summed E-state index contributed by atoms with van der Waals surface area (Å²) in [4.78, 5) is 0.207. The van der Waals surface area contributed by atoms with Crippen molar-refractivity contribution in [3.8, 4) is 11.4 Å². The van der Waals surface area contributed by atoms with Crippen molar-refractivity contribution < 1.29 is 13.2 Å². The Morgan fingerprint density at radius 1 is 1.11 bits per heavy atom. The first-order valence-corrected chi connectivity index (χ1v) is 10.6. The lowest BCUT2D eigenvalue weighted by Crippen LogP contribution is -2.28. The van der Waals surface area contributed by atoms with Crippen molar-refractivity contribution in [2.45, 2.75) is 37.2 Å². The zero-order chi connectivity index (χ0) is 19.8. The molecule has 0 spiro atoms. The van der Waals surface area contributed by atoms with E-state index in [-0.39, 0.29) is 10.5 Å². The maximum atomic E-state index is 12.8. The van der Waals surface area contributed by atoms with Crippen molar-refractivity contribution in [2.24, 2.45) is 0 Å². The summed E-state index contributed by atoms with van der Waals surface area (Å²) in [6.45, 7) is 4.22. The maximum Gasteiger partial charge on any atom is 0.244 e. The number of nitrogens with zero attached hydrogens (tertiary/aromatic N) is 3. The number of benzene rings is 2. The van der Waals surface area contributed by atoms with E-state index in [4.69, 9.17) is 4.74 Å². The van der Waals surface area contributed by atoms with Crippen LogP contribution in [0, 0.1) is 0 Å². The molecule has 1 aliphatic heterocycles. The van der Waals surface area contributed by atoms with E-state index in [1.54, 1.807) is 24.8 Å². The maximum absolute atomic E-state index is 12.8. The first-order valence-electron chi connectivity index (χ1n) is 9.09. The molecule has 4 rings (SSSR count). The van der Waals surface area contributed by atoms with Crippen LogP contribution in [-0.2, 0) is 22.9 Å². The van der Waals surface area contributed by atoms with Gasteiger partial charge in [0.25, 0.3) is 0 Å². The van der Waals surface area contributed by atoms with Crippen LogP contribution in [0.4, 0.5) is 0 Å². The molecule has 3 aromatic rings. The fourth-order valence-electron chi connectivity index (χ4n) is 3.38. The van der Waals surface area contributed by atoms with Gasteiger partial charge in [-0.15, -0.1) is 10.2 Å². The molecule has 1 aromatic heterocycles. The second-order valence-electron chi connectivity index (χ2n) is 7.47. The van der Waals surface area contributed by atoms with Crippen LogP contribution in [0.3, 0.4) is 0 Å². The minimum absolute atomic E-state index is 0.207. The Kier molecular flexibility index (Phi) is 4.68. The van der Waals surface area contributed by atoms with Gasteiger partial charge in [-0.1, -0.05) is 24.3 Å². The lowest BCUT2D eigenvalue weighted by Gasteiger charge is -2.18. The highest BCUT2D eigenvalue weighted by molar-refractivity contribution is 7.89. The first kappa shape index (κ1) is 18.6. The molecular weight excluding hydrogens is 376 g/mol. The number of hydrogen-bond donors (Lipinski definition) is 1. The second-order valence-corrected chi connectivity index (χ2v) is 9.20. The summed E-state index contributed by atoms with van der Waals surface area (Å²) in [5, 5.41) is 7.57. The molecule has 0 radical (unpaired) electrons. The van der Waals surface area contributed by atoms with Crippen LogP contribution < -0.4 is 9.46 Å². The van der Waals surface area contributed by atoms with Gasteiger partial charge < -0.3 is 4.74 Å². The zero-order valence-corrected chi connectivity index (χ0v) is 16.6. The summed E-state index contributed by atoms with van der Waals surface area (Å²) in [5.41, 5.74) is 2.53. The van der Waals surface area contributed by atoms with Crippen LogP contribution in [0.2, 0.25) is 0 Å². The number of ether oxygens (including phenoxy) is 1. The number of nitrogens with one attached hydrogen (secondary N) is 1. The first-order chi connectivity index (χ1) is 13.3. The molecule has 146 valence electrons. The van der Waals surface area contributed by atoms with Crippen molar-refractivity contribution in [1.29, 1.82) is 0 Å². The SMILES string of the molecule is CC1(C)Cc2cccc(S(=O)(=O)NCCc3ccc(-n4cnnc4)cc3)c2O1. The number of aromatic nitrogens is 3. The summed E-state index contributed by atoms with van der Waals surface area (Å²) in [6.07, 6.45) is 4.54. The summed E-state index contributed by atoms with van der Waals surface area (Å²) in [5.74, 6) is 0.471. The van der Waals surface area contributed by atoms with Gasteiger partial charge in [0.2, 0.25) is 10.0 Å². The van der Waals surface area contributed by atoms with Crippen LogP contribution in [-0.4, -0.2) is 35.3 Å². The van der Waals surface area contributed by atoms with Crippen molar-refractivity contribution in [3.05, 3.63) is 66.2 Å². The third kappa shape index (κ3) is 3.79. The van der Waals surface area contributed by atoms with E-state index in [1.165, 1.54) is 0 Å². The van der Waals surface area contributed by atoms with Crippen molar-refractivity contribution >= 4 is 10.0 Å². The smallest absolute Gasteiger partial charge is 0.244 e. The molecule has 0 aliphatic carbocycles. The molecule has 2 aromatic carbocycles. The number of rotatable bonds is 6. The van der Waals surface area contributed by atoms with Gasteiger partial charge >= 0.3 is 0 Å². The molecule has 0 saturated heterocycles. The van der Waals surface area contributed by atoms with Gasteiger partial charge in [0.15, 0.2) is 0 Å². The fraction of sp³-hybridized carbons (Fsp3) is 0.300. The standard InChI is InChI=1S/C20H22N4O3S/c1-20(2)12-16-4-3-5-18(19(16)27-20)28(25,26)23-11-10-15-6-8-17(9-7-15)24-13-21-22-14-24/h3-9,13-14,23H,10-12H2,1-2H3. The Balaban J connectivity index is 1.42. The van der Waals surface area contributed by atoms with Crippen LogP contribution in [0.15, 0.2) is 60.0 Å². The van der Waals surface area contributed by atoms with Gasteiger partial charge in [-0.25, -0.2) is 13.1 Å². The topological polar surface area (TPSA) is 86.1 Å². The molecular formula is C20H22N4O3S. The van der Waals surface area contributed by atoms with Gasteiger partial charge in [0, 0.05) is 18.7 Å². The molecule has 0 bridgehead atoms. The lowest BCUT2D eigenvalue weighted by molar-refractivity contribution is 0.135. The van der Waals surface area contributed by atoms with E-state index >= 15 is 0 Å². The van der Waals surface area contributed by atoms with Gasteiger partial charge in [0.05, 0.1) is 0 Å². The van der Waals surface area contributed by atoms with E-state index in [1.807, 2.05) is 48.7 Å². The number of fused-ring (bicyclic) bond motifs is 1. The van der Waals surface area contributed by atoms with Gasteiger partial charge in [0.1, 0.15) is 28.9 Å². The van der Waals surface area contributed by atoms with E-state index in [2.05, 4.69) is 14.9 Å². The highest BCUT2D eigenvalue weighted by Crippen LogP contribution is 2.39. The summed E-state index contributed by atoms with van der Waals surface area (Å²) in [6, 6.07) is 13.1. The average Bonchev–Trinajstić information content (AvgIpc) is 3.27. The summed E-state index contributed by atoms with van der Waals surface area (Å²) in [7, 11) is -3.65. The van der Waals surface area contributed by atoms with E-state index in [0.29, 0.717) is 25.1 Å². The Morgan fingerprint density at radius 3 is 2.54 bits per heavy atom. The van der Waals surface area contributed by atoms with Crippen LogP contribution in [0.25, 0.3) is 5.69 Å². The van der Waals surface area contributed by atoms with Crippen LogP contribution in [0.5, 0.6) is 5.75 Å². The molecule has 1 N–H and O–H groups in total. The van der Waals surface area contributed by atoms with Gasteiger partial charge in [-0.3, -0.25) is 4.57 Å². The summed E-state index contributed by atoms with van der Waals surface area (Å²) >= 11 is 0. The van der Waals surface area contributed by atoms with Gasteiger partial charge in [-0.2, -0.15) is 0 Å².